The number of benzene rings is 1. The summed E-state index contributed by atoms with van der Waals surface area (Å²) in [6.45, 7) is -0.376. The van der Waals surface area contributed by atoms with Gasteiger partial charge in [-0.2, -0.15) is 0 Å². The number of carbonyl (C=O) groups is 1. The first kappa shape index (κ1) is 14.8. The zero-order valence-electron chi connectivity index (χ0n) is 11.6. The minimum absolute atomic E-state index is 0.179. The lowest BCUT2D eigenvalue weighted by Gasteiger charge is -2.11. The Morgan fingerprint density at radius 2 is 2.00 bits per heavy atom. The third-order valence-corrected chi connectivity index (χ3v) is 2.75. The second-order valence-electron chi connectivity index (χ2n) is 4.16. The van der Waals surface area contributed by atoms with Crippen molar-refractivity contribution in [3.63, 3.8) is 0 Å². The first-order valence-electron chi connectivity index (χ1n) is 6.35. The second-order valence-corrected chi connectivity index (χ2v) is 4.16. The van der Waals surface area contributed by atoms with Crippen LogP contribution in [0, 0.1) is 0 Å². The summed E-state index contributed by atoms with van der Waals surface area (Å²) >= 11 is 0. The average molecular weight is 288 g/mol. The van der Waals surface area contributed by atoms with Gasteiger partial charge in [-0.25, -0.2) is 4.98 Å². The van der Waals surface area contributed by atoms with Gasteiger partial charge in [0.2, 0.25) is 0 Å². The predicted molar refractivity (Wildman–Crippen MR) is 77.3 cm³/mol. The van der Waals surface area contributed by atoms with E-state index in [9.17, 15) is 4.79 Å². The van der Waals surface area contributed by atoms with E-state index in [4.69, 9.17) is 14.6 Å². The molecule has 0 aliphatic carbocycles. The molecule has 110 valence electrons. The van der Waals surface area contributed by atoms with Gasteiger partial charge in [0.25, 0.3) is 5.91 Å². The van der Waals surface area contributed by atoms with E-state index >= 15 is 0 Å². The van der Waals surface area contributed by atoms with E-state index in [0.29, 0.717) is 22.9 Å². The maximum atomic E-state index is 11.9. The molecule has 1 amide bonds. The van der Waals surface area contributed by atoms with Crippen molar-refractivity contribution in [1.82, 2.24) is 4.98 Å². The summed E-state index contributed by atoms with van der Waals surface area (Å²) in [6.07, 6.45) is 1.54. The van der Waals surface area contributed by atoms with Gasteiger partial charge < -0.3 is 19.9 Å². The van der Waals surface area contributed by atoms with Gasteiger partial charge in [-0.1, -0.05) is 18.2 Å². The van der Waals surface area contributed by atoms with Crippen molar-refractivity contribution in [3.8, 4) is 11.5 Å². The summed E-state index contributed by atoms with van der Waals surface area (Å²) in [5, 5.41) is 11.8. The molecule has 0 radical (unpaired) electrons. The number of carbonyl (C=O) groups excluding carboxylic acids is 1. The van der Waals surface area contributed by atoms with Crippen molar-refractivity contribution >= 4 is 11.7 Å². The van der Waals surface area contributed by atoms with Gasteiger partial charge in [0.15, 0.2) is 18.1 Å². The summed E-state index contributed by atoms with van der Waals surface area (Å²) in [6, 6.07) is 10.4. The molecule has 6 heteroatoms. The number of amides is 1. The lowest BCUT2D eigenvalue weighted by atomic mass is 10.2. The van der Waals surface area contributed by atoms with Crippen molar-refractivity contribution in [2.75, 3.05) is 19.0 Å². The Hall–Kier alpha value is -2.60. The highest BCUT2D eigenvalue weighted by atomic mass is 16.5. The molecule has 1 aromatic heterocycles. The van der Waals surface area contributed by atoms with E-state index < -0.39 is 0 Å². The highest BCUT2D eigenvalue weighted by molar-refractivity contribution is 5.91. The molecular weight excluding hydrogens is 272 g/mol. The summed E-state index contributed by atoms with van der Waals surface area (Å²) in [7, 11) is 1.53. The number of aliphatic hydroxyl groups excluding tert-OH is 1. The van der Waals surface area contributed by atoms with Crippen LogP contribution in [0.5, 0.6) is 11.5 Å². The molecule has 0 saturated carbocycles. The maximum Gasteiger partial charge on any atom is 0.263 e. The fourth-order valence-electron chi connectivity index (χ4n) is 1.73. The van der Waals surface area contributed by atoms with Gasteiger partial charge in [-0.15, -0.1) is 0 Å². The van der Waals surface area contributed by atoms with Gasteiger partial charge in [-0.05, 0) is 18.2 Å². The number of nitrogens with zero attached hydrogens (tertiary/aromatic N) is 1. The number of hydrogen-bond donors (Lipinski definition) is 2. The van der Waals surface area contributed by atoms with Crippen LogP contribution in [0.3, 0.4) is 0 Å². The van der Waals surface area contributed by atoms with Crippen LogP contribution in [0.1, 0.15) is 5.56 Å². The number of para-hydroxylation sites is 2. The highest BCUT2D eigenvalue weighted by Gasteiger charge is 2.09. The molecule has 0 atom stereocenters. The Morgan fingerprint density at radius 1 is 1.24 bits per heavy atom. The van der Waals surface area contributed by atoms with Crippen LogP contribution >= 0.6 is 0 Å². The lowest BCUT2D eigenvalue weighted by molar-refractivity contribution is -0.118. The van der Waals surface area contributed by atoms with Gasteiger partial charge in [0, 0.05) is 11.8 Å². The smallest absolute Gasteiger partial charge is 0.263 e. The van der Waals surface area contributed by atoms with E-state index in [1.165, 1.54) is 13.3 Å². The molecule has 2 N–H and O–H groups in total. The molecule has 0 bridgehead atoms. The SMILES string of the molecule is COc1ccccc1OCC(=O)Nc1ncccc1CO. The zero-order valence-corrected chi connectivity index (χ0v) is 11.6. The van der Waals surface area contributed by atoms with Crippen molar-refractivity contribution < 1.29 is 19.4 Å². The number of ether oxygens (including phenoxy) is 2. The minimum Gasteiger partial charge on any atom is -0.493 e. The third kappa shape index (κ3) is 3.93. The van der Waals surface area contributed by atoms with Crippen LogP contribution in [0.25, 0.3) is 0 Å². The lowest BCUT2D eigenvalue weighted by Crippen LogP contribution is -2.21. The number of methoxy groups -OCH3 is 1. The third-order valence-electron chi connectivity index (χ3n) is 2.75. The van der Waals surface area contributed by atoms with E-state index in [2.05, 4.69) is 10.3 Å². The van der Waals surface area contributed by atoms with Gasteiger partial charge in [0.05, 0.1) is 13.7 Å². The van der Waals surface area contributed by atoms with Crippen LogP contribution < -0.4 is 14.8 Å². The van der Waals surface area contributed by atoms with Crippen LogP contribution in [0.2, 0.25) is 0 Å². The molecule has 0 fully saturated rings. The van der Waals surface area contributed by atoms with Gasteiger partial charge >= 0.3 is 0 Å². The number of pyridine rings is 1. The van der Waals surface area contributed by atoms with Crippen LogP contribution in [-0.4, -0.2) is 29.7 Å². The van der Waals surface area contributed by atoms with Crippen molar-refractivity contribution in [3.05, 3.63) is 48.2 Å². The normalized spacial score (nSPS) is 10.0. The number of aliphatic hydroxyl groups is 1. The molecule has 1 aromatic carbocycles. The highest BCUT2D eigenvalue weighted by Crippen LogP contribution is 2.25. The molecular formula is C15H16N2O4. The van der Waals surface area contributed by atoms with E-state index in [1.54, 1.807) is 30.3 Å². The first-order chi connectivity index (χ1) is 10.2. The van der Waals surface area contributed by atoms with Crippen molar-refractivity contribution in [2.45, 2.75) is 6.61 Å². The molecule has 21 heavy (non-hydrogen) atoms. The molecule has 0 spiro atoms. The topological polar surface area (TPSA) is 80.7 Å². The quantitative estimate of drug-likeness (QED) is 0.844. The number of nitrogens with one attached hydrogen (secondary N) is 1. The molecule has 0 unspecified atom stereocenters. The largest absolute Gasteiger partial charge is 0.493 e. The fraction of sp³-hybridized carbons (Fsp3) is 0.200. The fourth-order valence-corrected chi connectivity index (χ4v) is 1.73. The maximum absolute atomic E-state index is 11.9. The first-order valence-corrected chi connectivity index (χ1v) is 6.35. The molecule has 0 saturated heterocycles. The number of aromatic nitrogens is 1. The Labute approximate surface area is 122 Å². The molecule has 1 heterocycles. The van der Waals surface area contributed by atoms with Crippen LogP contribution in [0.4, 0.5) is 5.82 Å². The summed E-state index contributed by atoms with van der Waals surface area (Å²) in [4.78, 5) is 15.9. The molecule has 0 aliphatic heterocycles. The van der Waals surface area contributed by atoms with E-state index in [0.717, 1.165) is 0 Å². The predicted octanol–water partition coefficient (Wildman–Crippen LogP) is 1.60. The number of hydrogen-bond acceptors (Lipinski definition) is 5. The molecule has 0 aliphatic rings. The standard InChI is InChI=1S/C15H16N2O4/c1-20-12-6-2-3-7-13(12)21-10-14(19)17-15-11(9-18)5-4-8-16-15/h2-8,18H,9-10H2,1H3,(H,16,17,19). The summed E-state index contributed by atoms with van der Waals surface area (Å²) in [5.41, 5.74) is 0.545. The average Bonchev–Trinajstić information content (AvgIpc) is 2.53. The Balaban J connectivity index is 1.96. The van der Waals surface area contributed by atoms with Crippen LogP contribution in [-0.2, 0) is 11.4 Å². The minimum atomic E-state index is -0.366. The second kappa shape index (κ2) is 7.25. The number of anilines is 1. The van der Waals surface area contributed by atoms with E-state index in [1.807, 2.05) is 6.07 Å². The summed E-state index contributed by atoms with van der Waals surface area (Å²) in [5.74, 6) is 1.00. The van der Waals surface area contributed by atoms with E-state index in [-0.39, 0.29) is 19.1 Å². The molecule has 2 rings (SSSR count). The Morgan fingerprint density at radius 3 is 2.71 bits per heavy atom. The van der Waals surface area contributed by atoms with Crippen molar-refractivity contribution in [2.24, 2.45) is 0 Å². The summed E-state index contributed by atoms with van der Waals surface area (Å²) < 4.78 is 10.5. The van der Waals surface area contributed by atoms with Crippen molar-refractivity contribution in [1.29, 1.82) is 0 Å². The monoisotopic (exact) mass is 288 g/mol. The van der Waals surface area contributed by atoms with Crippen LogP contribution in [0.15, 0.2) is 42.6 Å². The molecule has 6 nitrogen and oxygen atoms in total. The van der Waals surface area contributed by atoms with Gasteiger partial charge in [-0.3, -0.25) is 4.79 Å². The number of rotatable bonds is 6. The molecule has 2 aromatic rings. The Bertz CT molecular complexity index is 616. The zero-order chi connectivity index (χ0) is 15.1. The Kier molecular flexibility index (Phi) is 5.11. The van der Waals surface area contributed by atoms with Gasteiger partial charge in [0.1, 0.15) is 5.82 Å².